The number of likely N-dealkylation sites (N-methyl/N-ethyl adjacent to an activating group) is 1. The van der Waals surface area contributed by atoms with Gasteiger partial charge in [-0.1, -0.05) is 29.8 Å². The normalized spacial score (nSPS) is 21.0. The zero-order valence-corrected chi connectivity index (χ0v) is 16.5. The number of carbonyl (C=O) groups is 1. The lowest BCUT2D eigenvalue weighted by molar-refractivity contribution is 0.0788. The van der Waals surface area contributed by atoms with Crippen molar-refractivity contribution in [1.82, 2.24) is 15.1 Å². The highest BCUT2D eigenvalue weighted by atomic mass is 16.5. The molecule has 2 amide bonds. The molecule has 2 aliphatic rings. The lowest BCUT2D eigenvalue weighted by Gasteiger charge is -2.29. The van der Waals surface area contributed by atoms with Gasteiger partial charge >= 0.3 is 6.03 Å². The fourth-order valence-corrected chi connectivity index (χ4v) is 3.53. The maximum absolute atomic E-state index is 13.0. The number of nitrogens with zero attached hydrogens (tertiary/aromatic N) is 2. The summed E-state index contributed by atoms with van der Waals surface area (Å²) in [6.45, 7) is 5.22. The maximum atomic E-state index is 13.0. The summed E-state index contributed by atoms with van der Waals surface area (Å²) >= 11 is 0. The van der Waals surface area contributed by atoms with E-state index in [1.165, 1.54) is 11.1 Å². The molecule has 0 spiro atoms. The molecular weight excluding hydrogens is 326 g/mol. The van der Waals surface area contributed by atoms with Crippen molar-refractivity contribution in [2.45, 2.75) is 50.7 Å². The van der Waals surface area contributed by atoms with Crippen LogP contribution in [0.4, 0.5) is 4.79 Å². The predicted molar refractivity (Wildman–Crippen MR) is 104 cm³/mol. The highest BCUT2D eigenvalue weighted by Crippen LogP contribution is 2.39. The van der Waals surface area contributed by atoms with Crippen molar-refractivity contribution < 1.29 is 9.53 Å². The molecule has 0 radical (unpaired) electrons. The highest BCUT2D eigenvalue weighted by molar-refractivity contribution is 5.75. The third-order valence-corrected chi connectivity index (χ3v) is 5.44. The zero-order valence-electron chi connectivity index (χ0n) is 16.5. The van der Waals surface area contributed by atoms with Crippen LogP contribution in [0.2, 0.25) is 0 Å². The third-order valence-electron chi connectivity index (χ3n) is 5.44. The smallest absolute Gasteiger partial charge is 0.317 e. The second-order valence-corrected chi connectivity index (χ2v) is 8.26. The van der Waals surface area contributed by atoms with Crippen LogP contribution in [0, 0.1) is 6.92 Å². The van der Waals surface area contributed by atoms with Crippen molar-refractivity contribution in [2.75, 3.05) is 40.3 Å². The summed E-state index contributed by atoms with van der Waals surface area (Å²) in [4.78, 5) is 17.1. The van der Waals surface area contributed by atoms with Crippen LogP contribution < -0.4 is 5.32 Å². The van der Waals surface area contributed by atoms with Gasteiger partial charge < -0.3 is 19.9 Å². The molecule has 26 heavy (non-hydrogen) atoms. The second-order valence-electron chi connectivity index (χ2n) is 8.26. The number of nitrogens with one attached hydrogen (secondary N) is 1. The lowest BCUT2D eigenvalue weighted by atomic mass is 10.0. The number of hydrogen-bond acceptors (Lipinski definition) is 3. The van der Waals surface area contributed by atoms with Crippen LogP contribution in [0.5, 0.6) is 0 Å². The molecule has 1 saturated carbocycles. The van der Waals surface area contributed by atoms with Gasteiger partial charge in [-0.05, 0) is 58.7 Å². The molecule has 0 unspecified atom stereocenters. The van der Waals surface area contributed by atoms with E-state index in [2.05, 4.69) is 41.4 Å². The zero-order chi connectivity index (χ0) is 18.6. The van der Waals surface area contributed by atoms with Crippen LogP contribution in [0.1, 0.15) is 36.8 Å². The molecule has 1 heterocycles. The van der Waals surface area contributed by atoms with Crippen molar-refractivity contribution >= 4 is 6.03 Å². The minimum atomic E-state index is -0.0563. The van der Waals surface area contributed by atoms with Crippen molar-refractivity contribution in [3.05, 3.63) is 35.4 Å². The molecule has 1 aliphatic heterocycles. The molecule has 2 fully saturated rings. The van der Waals surface area contributed by atoms with E-state index < -0.39 is 0 Å². The standard InChI is InChI=1S/C21H33N3O2/c1-17-6-8-18(9-7-17)15-21(10-11-21)22-20(25)24(13-12-23(2)3)16-19-5-4-14-26-19/h6-9,19H,4-5,10-16H2,1-3H3,(H,22,25)/t19-/m1/s1. The van der Waals surface area contributed by atoms with Gasteiger partial charge in [0.05, 0.1) is 6.10 Å². The molecule has 3 rings (SSSR count). The Kier molecular flexibility index (Phi) is 6.20. The summed E-state index contributed by atoms with van der Waals surface area (Å²) in [5, 5.41) is 3.34. The number of urea groups is 1. The van der Waals surface area contributed by atoms with Crippen molar-refractivity contribution in [3.8, 4) is 0 Å². The topological polar surface area (TPSA) is 44.8 Å². The van der Waals surface area contributed by atoms with Crippen LogP contribution in [0.3, 0.4) is 0 Å². The summed E-state index contributed by atoms with van der Waals surface area (Å²) < 4.78 is 5.76. The Morgan fingerprint density at radius 2 is 1.96 bits per heavy atom. The predicted octanol–water partition coefficient (Wildman–Crippen LogP) is 2.82. The Morgan fingerprint density at radius 1 is 1.23 bits per heavy atom. The Labute approximate surface area is 157 Å². The van der Waals surface area contributed by atoms with E-state index in [-0.39, 0.29) is 17.7 Å². The van der Waals surface area contributed by atoms with Crippen LogP contribution in [-0.4, -0.2) is 67.8 Å². The second kappa shape index (κ2) is 8.40. The van der Waals surface area contributed by atoms with Gasteiger partial charge in [0.25, 0.3) is 0 Å². The van der Waals surface area contributed by atoms with Crippen molar-refractivity contribution in [1.29, 1.82) is 0 Å². The maximum Gasteiger partial charge on any atom is 0.317 e. The number of ether oxygens (including phenoxy) is 1. The molecule has 0 aromatic heterocycles. The number of benzene rings is 1. The average Bonchev–Trinajstić information content (AvgIpc) is 3.14. The van der Waals surface area contributed by atoms with E-state index in [4.69, 9.17) is 4.74 Å². The Hall–Kier alpha value is -1.59. The number of amides is 2. The third kappa shape index (κ3) is 5.45. The lowest BCUT2D eigenvalue weighted by Crippen LogP contribution is -2.50. The van der Waals surface area contributed by atoms with Gasteiger partial charge in [0.2, 0.25) is 0 Å². The van der Waals surface area contributed by atoms with E-state index in [9.17, 15) is 4.79 Å². The van der Waals surface area contributed by atoms with Crippen LogP contribution in [0.25, 0.3) is 0 Å². The SMILES string of the molecule is Cc1ccc(CC2(NC(=O)N(CCN(C)C)C[C@H]3CCCO3)CC2)cc1. The first-order valence-electron chi connectivity index (χ1n) is 9.85. The van der Waals surface area contributed by atoms with E-state index in [1.807, 2.05) is 19.0 Å². The molecule has 5 nitrogen and oxygen atoms in total. The van der Waals surface area contributed by atoms with Gasteiger partial charge in [-0.2, -0.15) is 0 Å². The summed E-state index contributed by atoms with van der Waals surface area (Å²) in [7, 11) is 4.09. The molecular formula is C21H33N3O2. The first kappa shape index (κ1) is 19.2. The molecule has 5 heteroatoms. The van der Waals surface area contributed by atoms with Gasteiger partial charge in [-0.15, -0.1) is 0 Å². The molecule has 1 aliphatic carbocycles. The monoisotopic (exact) mass is 359 g/mol. The van der Waals surface area contributed by atoms with Gasteiger partial charge in [-0.3, -0.25) is 0 Å². The van der Waals surface area contributed by atoms with Gasteiger partial charge in [0, 0.05) is 31.8 Å². The number of hydrogen-bond donors (Lipinski definition) is 1. The largest absolute Gasteiger partial charge is 0.376 e. The van der Waals surface area contributed by atoms with Crippen LogP contribution >= 0.6 is 0 Å². The fourth-order valence-electron chi connectivity index (χ4n) is 3.53. The molecule has 0 bridgehead atoms. The van der Waals surface area contributed by atoms with Gasteiger partial charge in [0.1, 0.15) is 0 Å². The quantitative estimate of drug-likeness (QED) is 0.776. The number of rotatable bonds is 8. The van der Waals surface area contributed by atoms with Crippen LogP contribution in [0.15, 0.2) is 24.3 Å². The van der Waals surface area contributed by atoms with Crippen molar-refractivity contribution in [3.63, 3.8) is 0 Å². The Morgan fingerprint density at radius 3 is 2.54 bits per heavy atom. The first-order chi connectivity index (χ1) is 12.5. The molecule has 1 saturated heterocycles. The van der Waals surface area contributed by atoms with E-state index in [0.29, 0.717) is 6.54 Å². The summed E-state index contributed by atoms with van der Waals surface area (Å²) in [5.74, 6) is 0. The van der Waals surface area contributed by atoms with Gasteiger partial charge in [0.15, 0.2) is 0 Å². The highest BCUT2D eigenvalue weighted by Gasteiger charge is 2.44. The minimum Gasteiger partial charge on any atom is -0.376 e. The van der Waals surface area contributed by atoms with E-state index in [0.717, 1.165) is 51.8 Å². The Bertz CT molecular complexity index is 590. The number of carbonyl (C=O) groups excluding carboxylic acids is 1. The first-order valence-corrected chi connectivity index (χ1v) is 9.85. The van der Waals surface area contributed by atoms with E-state index >= 15 is 0 Å². The van der Waals surface area contributed by atoms with Crippen LogP contribution in [-0.2, 0) is 11.2 Å². The molecule has 1 aromatic rings. The molecule has 1 aromatic carbocycles. The van der Waals surface area contributed by atoms with E-state index in [1.54, 1.807) is 0 Å². The van der Waals surface area contributed by atoms with Crippen molar-refractivity contribution in [2.24, 2.45) is 0 Å². The Balaban J connectivity index is 1.59. The summed E-state index contributed by atoms with van der Waals surface area (Å²) in [6, 6.07) is 8.71. The fraction of sp³-hybridized carbons (Fsp3) is 0.667. The summed E-state index contributed by atoms with van der Waals surface area (Å²) in [5.41, 5.74) is 2.51. The summed E-state index contributed by atoms with van der Waals surface area (Å²) in [6.07, 6.45) is 5.39. The van der Waals surface area contributed by atoms with Gasteiger partial charge in [-0.25, -0.2) is 4.79 Å². The minimum absolute atomic E-state index is 0.0563. The number of aryl methyl sites for hydroxylation is 1. The average molecular weight is 360 g/mol. The molecule has 144 valence electrons. The molecule has 1 atom stereocenters. The molecule has 1 N–H and O–H groups in total.